The van der Waals surface area contributed by atoms with E-state index in [9.17, 15) is 0 Å². The molecule has 0 atom stereocenters. The molecule has 0 aliphatic carbocycles. The fraction of sp³-hybridized carbons (Fsp3) is 0.333. The van der Waals surface area contributed by atoms with Crippen LogP contribution in [0.15, 0.2) is 42.5 Å². The molecule has 3 rings (SSSR count). The van der Waals surface area contributed by atoms with Gasteiger partial charge in [0.1, 0.15) is 12.4 Å². The van der Waals surface area contributed by atoms with Crippen molar-refractivity contribution in [3.8, 4) is 5.75 Å². The number of hydrogen-bond donors (Lipinski definition) is 0. The molecule has 2 aromatic rings. The first-order chi connectivity index (χ1) is 9.40. The van der Waals surface area contributed by atoms with Crippen molar-refractivity contribution in [1.29, 1.82) is 0 Å². The lowest BCUT2D eigenvalue weighted by atomic mass is 9.94. The zero-order valence-electron chi connectivity index (χ0n) is 11.5. The Morgan fingerprint density at radius 2 is 1.95 bits per heavy atom. The lowest BCUT2D eigenvalue weighted by Gasteiger charge is -2.20. The van der Waals surface area contributed by atoms with E-state index < -0.39 is 0 Å². The summed E-state index contributed by atoms with van der Waals surface area (Å²) in [6, 6.07) is 12.9. The molecular formula is C18H20O. The van der Waals surface area contributed by atoms with Gasteiger partial charge in [0.05, 0.1) is 0 Å². The Labute approximate surface area is 114 Å². The molecule has 1 heteroatoms. The van der Waals surface area contributed by atoms with Crippen LogP contribution in [-0.4, -0.2) is 6.61 Å². The van der Waals surface area contributed by atoms with Gasteiger partial charge in [0.25, 0.3) is 0 Å². The van der Waals surface area contributed by atoms with Crippen LogP contribution < -0.4 is 4.74 Å². The quantitative estimate of drug-likeness (QED) is 0.680. The van der Waals surface area contributed by atoms with Gasteiger partial charge in [-0.2, -0.15) is 0 Å². The van der Waals surface area contributed by atoms with Gasteiger partial charge < -0.3 is 4.74 Å². The van der Waals surface area contributed by atoms with Crippen LogP contribution in [0.25, 0.3) is 16.3 Å². The largest absolute Gasteiger partial charge is 0.488 e. The molecule has 1 aliphatic rings. The average molecular weight is 252 g/mol. The zero-order valence-corrected chi connectivity index (χ0v) is 11.5. The number of fused-ring (bicyclic) bond motifs is 3. The predicted octanol–water partition coefficient (Wildman–Crippen LogP) is 5.20. The van der Waals surface area contributed by atoms with E-state index >= 15 is 0 Å². The predicted molar refractivity (Wildman–Crippen MR) is 81.6 cm³/mol. The number of benzene rings is 2. The van der Waals surface area contributed by atoms with Gasteiger partial charge in [-0.3, -0.25) is 0 Å². The third-order valence-electron chi connectivity index (χ3n) is 3.83. The summed E-state index contributed by atoms with van der Waals surface area (Å²) in [5, 5.41) is 2.50. The van der Waals surface area contributed by atoms with E-state index in [1.165, 1.54) is 47.6 Å². The van der Waals surface area contributed by atoms with Crippen molar-refractivity contribution in [2.75, 3.05) is 6.61 Å². The highest BCUT2D eigenvalue weighted by Gasteiger charge is 2.15. The third-order valence-corrected chi connectivity index (χ3v) is 3.83. The molecular weight excluding hydrogens is 232 g/mol. The first-order valence-corrected chi connectivity index (χ1v) is 7.24. The molecule has 1 aliphatic heterocycles. The summed E-state index contributed by atoms with van der Waals surface area (Å²) in [6.45, 7) is 2.96. The average Bonchev–Trinajstić information content (AvgIpc) is 2.47. The number of allylic oxidation sites excluding steroid dienone is 1. The van der Waals surface area contributed by atoms with Crippen LogP contribution in [0.5, 0.6) is 5.75 Å². The number of hydrogen-bond acceptors (Lipinski definition) is 1. The Kier molecular flexibility index (Phi) is 3.54. The van der Waals surface area contributed by atoms with E-state index in [-0.39, 0.29) is 0 Å². The Balaban J connectivity index is 1.98. The Hall–Kier alpha value is -1.76. The maximum Gasteiger partial charge on any atom is 0.135 e. The van der Waals surface area contributed by atoms with Crippen molar-refractivity contribution >= 4 is 16.3 Å². The second-order valence-corrected chi connectivity index (χ2v) is 5.16. The van der Waals surface area contributed by atoms with E-state index in [1.54, 1.807) is 0 Å². The van der Waals surface area contributed by atoms with Crippen LogP contribution in [0, 0.1) is 0 Å². The number of ether oxygens (including phenoxy) is 1. The lowest BCUT2D eigenvalue weighted by Crippen LogP contribution is -2.05. The second-order valence-electron chi connectivity index (χ2n) is 5.16. The molecule has 1 nitrogen and oxygen atoms in total. The van der Waals surface area contributed by atoms with E-state index in [4.69, 9.17) is 4.74 Å². The summed E-state index contributed by atoms with van der Waals surface area (Å²) in [4.78, 5) is 0. The molecule has 2 aromatic carbocycles. The molecule has 0 spiro atoms. The third kappa shape index (κ3) is 2.37. The van der Waals surface area contributed by atoms with Crippen molar-refractivity contribution < 1.29 is 4.74 Å². The molecule has 0 amide bonds. The minimum Gasteiger partial charge on any atom is -0.488 e. The maximum absolute atomic E-state index is 5.90. The maximum atomic E-state index is 5.90. The summed E-state index contributed by atoms with van der Waals surface area (Å²) in [7, 11) is 0. The highest BCUT2D eigenvalue weighted by atomic mass is 16.5. The van der Waals surface area contributed by atoms with Gasteiger partial charge in [-0.15, -0.1) is 0 Å². The van der Waals surface area contributed by atoms with Gasteiger partial charge in [-0.25, -0.2) is 0 Å². The summed E-state index contributed by atoms with van der Waals surface area (Å²) in [6.07, 6.45) is 7.26. The number of rotatable bonds is 4. The van der Waals surface area contributed by atoms with Gasteiger partial charge in [0, 0.05) is 10.9 Å². The minimum atomic E-state index is 0.711. The van der Waals surface area contributed by atoms with Gasteiger partial charge in [-0.05, 0) is 29.9 Å². The summed E-state index contributed by atoms with van der Waals surface area (Å²) < 4.78 is 5.90. The molecule has 0 N–H and O–H groups in total. The fourth-order valence-corrected chi connectivity index (χ4v) is 2.79. The Morgan fingerprint density at radius 1 is 1.05 bits per heavy atom. The fourth-order valence-electron chi connectivity index (χ4n) is 2.79. The Bertz CT molecular complexity index is 610. The van der Waals surface area contributed by atoms with Gasteiger partial charge in [0.2, 0.25) is 0 Å². The van der Waals surface area contributed by atoms with E-state index in [0.717, 1.165) is 5.75 Å². The number of unbranched alkanes of at least 4 members (excludes halogenated alkanes) is 2. The Morgan fingerprint density at radius 3 is 2.84 bits per heavy atom. The topological polar surface area (TPSA) is 9.23 Å². The first kappa shape index (κ1) is 12.3. The van der Waals surface area contributed by atoms with Crippen LogP contribution >= 0.6 is 0 Å². The van der Waals surface area contributed by atoms with E-state index in [0.29, 0.717) is 6.61 Å². The molecule has 0 fully saturated rings. The van der Waals surface area contributed by atoms with Crippen molar-refractivity contribution in [2.45, 2.75) is 32.6 Å². The second kappa shape index (κ2) is 5.48. The molecule has 98 valence electrons. The summed E-state index contributed by atoms with van der Waals surface area (Å²) >= 11 is 0. The van der Waals surface area contributed by atoms with Gasteiger partial charge >= 0.3 is 0 Å². The zero-order chi connectivity index (χ0) is 13.1. The summed E-state index contributed by atoms with van der Waals surface area (Å²) in [5.41, 5.74) is 2.75. The van der Waals surface area contributed by atoms with Gasteiger partial charge in [-0.1, -0.05) is 56.2 Å². The van der Waals surface area contributed by atoms with Crippen LogP contribution in [0.3, 0.4) is 0 Å². The molecule has 0 radical (unpaired) electrons. The normalized spacial score (nSPS) is 13.8. The highest BCUT2D eigenvalue weighted by Crippen LogP contribution is 2.38. The van der Waals surface area contributed by atoms with Gasteiger partial charge in [0.15, 0.2) is 0 Å². The smallest absolute Gasteiger partial charge is 0.135 e. The van der Waals surface area contributed by atoms with Crippen molar-refractivity contribution in [3.63, 3.8) is 0 Å². The van der Waals surface area contributed by atoms with Crippen LogP contribution in [0.1, 0.15) is 38.2 Å². The van der Waals surface area contributed by atoms with Crippen LogP contribution in [0.4, 0.5) is 0 Å². The summed E-state index contributed by atoms with van der Waals surface area (Å²) in [5.74, 6) is 1.08. The van der Waals surface area contributed by atoms with Crippen molar-refractivity contribution in [3.05, 3.63) is 48.0 Å². The highest BCUT2D eigenvalue weighted by molar-refractivity contribution is 5.94. The molecule has 0 bridgehead atoms. The van der Waals surface area contributed by atoms with Crippen molar-refractivity contribution in [2.24, 2.45) is 0 Å². The van der Waals surface area contributed by atoms with E-state index in [2.05, 4.69) is 49.4 Å². The first-order valence-electron chi connectivity index (χ1n) is 7.24. The molecule has 0 unspecified atom stereocenters. The molecule has 1 heterocycles. The van der Waals surface area contributed by atoms with Crippen molar-refractivity contribution in [1.82, 2.24) is 0 Å². The molecule has 0 saturated carbocycles. The lowest BCUT2D eigenvalue weighted by molar-refractivity contribution is 0.361. The SMILES string of the molecule is CCCCCC1=CCOc2c1ccc1ccccc21. The molecule has 0 saturated heterocycles. The van der Waals surface area contributed by atoms with Crippen LogP contribution in [0.2, 0.25) is 0 Å². The monoisotopic (exact) mass is 252 g/mol. The van der Waals surface area contributed by atoms with Crippen LogP contribution in [-0.2, 0) is 0 Å². The van der Waals surface area contributed by atoms with E-state index in [1.807, 2.05) is 0 Å². The minimum absolute atomic E-state index is 0.711. The molecule has 0 aromatic heterocycles. The molecule has 19 heavy (non-hydrogen) atoms. The standard InChI is InChI=1S/C18H20O/c1-2-3-4-7-15-12-13-19-18-16-9-6-5-8-14(16)10-11-17(15)18/h5-6,8-12H,2-4,7,13H2,1H3.